The molecule has 1 amide bonds. The van der Waals surface area contributed by atoms with Gasteiger partial charge in [-0.05, 0) is 12.1 Å². The Kier molecular flexibility index (Phi) is 3.04. The SMILES string of the molecule is O=C(Nc1ccncc1F)c1cncc(F)c1. The number of aromatic nitrogens is 2. The predicted molar refractivity (Wildman–Crippen MR) is 56.3 cm³/mol. The second-order valence-electron chi connectivity index (χ2n) is 3.20. The highest BCUT2D eigenvalue weighted by atomic mass is 19.1. The molecule has 6 heteroatoms. The Labute approximate surface area is 95.3 Å². The third-order valence-electron chi connectivity index (χ3n) is 1.99. The van der Waals surface area contributed by atoms with Crippen LogP contribution in [0.5, 0.6) is 0 Å². The molecule has 4 nitrogen and oxygen atoms in total. The van der Waals surface area contributed by atoms with Gasteiger partial charge in [0.15, 0.2) is 5.82 Å². The number of halogens is 2. The van der Waals surface area contributed by atoms with E-state index in [0.717, 1.165) is 18.5 Å². The number of anilines is 1. The van der Waals surface area contributed by atoms with Gasteiger partial charge in [-0.3, -0.25) is 14.8 Å². The third-order valence-corrected chi connectivity index (χ3v) is 1.99. The Morgan fingerprint density at radius 2 is 2.00 bits per heavy atom. The lowest BCUT2D eigenvalue weighted by atomic mass is 10.2. The van der Waals surface area contributed by atoms with Crippen LogP contribution < -0.4 is 5.32 Å². The Bertz CT molecular complexity index is 560. The van der Waals surface area contributed by atoms with Crippen molar-refractivity contribution in [3.8, 4) is 0 Å². The smallest absolute Gasteiger partial charge is 0.257 e. The number of nitrogens with one attached hydrogen (secondary N) is 1. The normalized spacial score (nSPS) is 10.0. The molecule has 0 saturated carbocycles. The molecule has 2 heterocycles. The molecular weight excluding hydrogens is 228 g/mol. The summed E-state index contributed by atoms with van der Waals surface area (Å²) in [6.07, 6.45) is 4.48. The Balaban J connectivity index is 2.20. The number of amides is 1. The molecule has 0 aliphatic carbocycles. The second kappa shape index (κ2) is 4.65. The van der Waals surface area contributed by atoms with Gasteiger partial charge in [0.2, 0.25) is 0 Å². The van der Waals surface area contributed by atoms with Crippen molar-refractivity contribution < 1.29 is 13.6 Å². The van der Waals surface area contributed by atoms with Crippen LogP contribution in [0.25, 0.3) is 0 Å². The average Bonchev–Trinajstić information content (AvgIpc) is 2.32. The maximum absolute atomic E-state index is 13.2. The van der Waals surface area contributed by atoms with Crippen molar-refractivity contribution in [3.63, 3.8) is 0 Å². The van der Waals surface area contributed by atoms with Gasteiger partial charge < -0.3 is 5.32 Å². The number of carbonyl (C=O) groups excluding carboxylic acids is 1. The van der Waals surface area contributed by atoms with E-state index in [1.807, 2.05) is 0 Å². The molecule has 86 valence electrons. The van der Waals surface area contributed by atoms with E-state index in [-0.39, 0.29) is 11.3 Å². The Morgan fingerprint density at radius 1 is 1.18 bits per heavy atom. The number of carbonyl (C=O) groups is 1. The van der Waals surface area contributed by atoms with Gasteiger partial charge in [-0.15, -0.1) is 0 Å². The number of nitrogens with zero attached hydrogens (tertiary/aromatic N) is 2. The van der Waals surface area contributed by atoms with E-state index in [1.54, 1.807) is 0 Å². The van der Waals surface area contributed by atoms with Gasteiger partial charge in [-0.25, -0.2) is 8.78 Å². The zero-order valence-electron chi connectivity index (χ0n) is 8.52. The lowest BCUT2D eigenvalue weighted by Gasteiger charge is -2.05. The maximum atomic E-state index is 13.2. The van der Waals surface area contributed by atoms with E-state index < -0.39 is 17.5 Å². The predicted octanol–water partition coefficient (Wildman–Crippen LogP) is 2.01. The van der Waals surface area contributed by atoms with Crippen LogP contribution in [0.4, 0.5) is 14.5 Å². The molecule has 0 atom stereocenters. The molecule has 0 aliphatic heterocycles. The van der Waals surface area contributed by atoms with Gasteiger partial charge >= 0.3 is 0 Å². The molecule has 0 unspecified atom stereocenters. The summed E-state index contributed by atoms with van der Waals surface area (Å²) in [6, 6.07) is 2.32. The van der Waals surface area contributed by atoms with Crippen molar-refractivity contribution >= 4 is 11.6 Å². The lowest BCUT2D eigenvalue weighted by Crippen LogP contribution is -2.13. The molecule has 2 aromatic heterocycles. The summed E-state index contributed by atoms with van der Waals surface area (Å²) < 4.78 is 26.0. The van der Waals surface area contributed by atoms with Crippen molar-refractivity contribution in [1.29, 1.82) is 0 Å². The van der Waals surface area contributed by atoms with Gasteiger partial charge in [-0.2, -0.15) is 0 Å². The molecule has 17 heavy (non-hydrogen) atoms. The second-order valence-corrected chi connectivity index (χ2v) is 3.20. The van der Waals surface area contributed by atoms with Gasteiger partial charge in [0, 0.05) is 12.4 Å². The minimum atomic E-state index is -0.662. The summed E-state index contributed by atoms with van der Waals surface area (Å²) in [5, 5.41) is 2.29. The number of hydrogen-bond donors (Lipinski definition) is 1. The first-order valence-corrected chi connectivity index (χ1v) is 4.68. The maximum Gasteiger partial charge on any atom is 0.257 e. The fraction of sp³-hybridized carbons (Fsp3) is 0. The van der Waals surface area contributed by atoms with E-state index in [4.69, 9.17) is 0 Å². The lowest BCUT2D eigenvalue weighted by molar-refractivity contribution is 0.102. The fourth-order valence-electron chi connectivity index (χ4n) is 1.21. The molecular formula is C11H7F2N3O. The van der Waals surface area contributed by atoms with Crippen LogP contribution in [0.15, 0.2) is 36.9 Å². The highest BCUT2D eigenvalue weighted by Gasteiger charge is 2.10. The van der Waals surface area contributed by atoms with E-state index in [9.17, 15) is 13.6 Å². The summed E-state index contributed by atoms with van der Waals surface area (Å²) in [6.45, 7) is 0. The highest BCUT2D eigenvalue weighted by molar-refractivity contribution is 6.04. The van der Waals surface area contributed by atoms with Crippen LogP contribution >= 0.6 is 0 Å². The van der Waals surface area contributed by atoms with Gasteiger partial charge in [0.25, 0.3) is 5.91 Å². The standard InChI is InChI=1S/C11H7F2N3O/c12-8-3-7(4-15-5-8)11(17)16-10-1-2-14-6-9(10)13/h1-6H,(H,14,16,17). The van der Waals surface area contributed by atoms with Crippen LogP contribution in [0.1, 0.15) is 10.4 Å². The summed E-state index contributed by atoms with van der Waals surface area (Å²) in [5.74, 6) is -1.93. The van der Waals surface area contributed by atoms with Crippen LogP contribution in [0.3, 0.4) is 0 Å². The third kappa shape index (κ3) is 2.60. The van der Waals surface area contributed by atoms with Crippen molar-refractivity contribution in [2.45, 2.75) is 0 Å². The molecule has 0 saturated heterocycles. The van der Waals surface area contributed by atoms with Gasteiger partial charge in [0.1, 0.15) is 5.82 Å². The van der Waals surface area contributed by atoms with Gasteiger partial charge in [-0.1, -0.05) is 0 Å². The zero-order chi connectivity index (χ0) is 12.3. The summed E-state index contributed by atoms with van der Waals surface area (Å²) in [7, 11) is 0. The molecule has 0 aliphatic rings. The molecule has 2 rings (SSSR count). The summed E-state index contributed by atoms with van der Waals surface area (Å²) in [5.41, 5.74) is -0.00419. The molecule has 0 bridgehead atoms. The van der Waals surface area contributed by atoms with Gasteiger partial charge in [0.05, 0.1) is 23.6 Å². The first-order chi connectivity index (χ1) is 8.16. The van der Waals surface area contributed by atoms with Crippen molar-refractivity contribution in [2.75, 3.05) is 5.32 Å². The van der Waals surface area contributed by atoms with Crippen LogP contribution in [-0.4, -0.2) is 15.9 Å². The summed E-state index contributed by atoms with van der Waals surface area (Å²) >= 11 is 0. The Morgan fingerprint density at radius 3 is 2.71 bits per heavy atom. The zero-order valence-corrected chi connectivity index (χ0v) is 8.52. The molecule has 0 fully saturated rings. The van der Waals surface area contributed by atoms with Crippen LogP contribution in [-0.2, 0) is 0 Å². The van der Waals surface area contributed by atoms with Crippen LogP contribution in [0, 0.1) is 11.6 Å². The van der Waals surface area contributed by atoms with E-state index in [1.165, 1.54) is 18.5 Å². The molecule has 0 aromatic carbocycles. The quantitative estimate of drug-likeness (QED) is 0.866. The first kappa shape index (κ1) is 11.1. The highest BCUT2D eigenvalue weighted by Crippen LogP contribution is 2.12. The molecule has 2 aromatic rings. The minimum Gasteiger partial charge on any atom is -0.319 e. The monoisotopic (exact) mass is 235 g/mol. The Hall–Kier alpha value is -2.37. The molecule has 1 N–H and O–H groups in total. The molecule has 0 spiro atoms. The fourth-order valence-corrected chi connectivity index (χ4v) is 1.21. The van der Waals surface area contributed by atoms with Crippen molar-refractivity contribution in [3.05, 3.63) is 54.1 Å². The molecule has 0 radical (unpaired) electrons. The number of rotatable bonds is 2. The summed E-state index contributed by atoms with van der Waals surface area (Å²) in [4.78, 5) is 18.7. The largest absolute Gasteiger partial charge is 0.319 e. The first-order valence-electron chi connectivity index (χ1n) is 4.68. The number of pyridine rings is 2. The van der Waals surface area contributed by atoms with E-state index in [0.29, 0.717) is 0 Å². The van der Waals surface area contributed by atoms with E-state index in [2.05, 4.69) is 15.3 Å². The van der Waals surface area contributed by atoms with Crippen molar-refractivity contribution in [1.82, 2.24) is 9.97 Å². The number of hydrogen-bond acceptors (Lipinski definition) is 3. The van der Waals surface area contributed by atoms with Crippen molar-refractivity contribution in [2.24, 2.45) is 0 Å². The topological polar surface area (TPSA) is 54.9 Å². The average molecular weight is 235 g/mol. The van der Waals surface area contributed by atoms with E-state index >= 15 is 0 Å². The van der Waals surface area contributed by atoms with Crippen LogP contribution in [0.2, 0.25) is 0 Å². The minimum absolute atomic E-state index is 0.0150.